The Morgan fingerprint density at radius 1 is 1.07 bits per heavy atom. The van der Waals surface area contributed by atoms with Gasteiger partial charge in [-0.15, -0.1) is 11.3 Å². The summed E-state index contributed by atoms with van der Waals surface area (Å²) in [6.07, 6.45) is 6.86. The lowest BCUT2D eigenvalue weighted by Crippen LogP contribution is -2.36. The molecule has 0 aliphatic heterocycles. The van der Waals surface area contributed by atoms with Gasteiger partial charge in [-0.05, 0) is 71.0 Å². The first-order chi connectivity index (χ1) is 12.9. The van der Waals surface area contributed by atoms with E-state index in [1.807, 2.05) is 0 Å². The predicted molar refractivity (Wildman–Crippen MR) is 119 cm³/mol. The van der Waals surface area contributed by atoms with Crippen LogP contribution in [0.25, 0.3) is 21.1 Å². The maximum Gasteiger partial charge on any atom is 0.151 e. The largest absolute Gasteiger partial charge is 0.382 e. The van der Waals surface area contributed by atoms with Gasteiger partial charge in [-0.2, -0.15) is 0 Å². The van der Waals surface area contributed by atoms with Gasteiger partial charge in [-0.1, -0.05) is 25.5 Å². The fourth-order valence-corrected chi connectivity index (χ4v) is 4.54. The van der Waals surface area contributed by atoms with Gasteiger partial charge in [-0.25, -0.2) is 9.97 Å². The van der Waals surface area contributed by atoms with Crippen molar-refractivity contribution in [2.24, 2.45) is 0 Å². The van der Waals surface area contributed by atoms with Crippen LogP contribution < -0.4 is 11.1 Å². The molecule has 5 heteroatoms. The van der Waals surface area contributed by atoms with Crippen LogP contribution in [0.1, 0.15) is 63.9 Å². The molecule has 0 fully saturated rings. The fraction of sp³-hybridized carbons (Fsp3) is 0.545. The van der Waals surface area contributed by atoms with E-state index in [0.29, 0.717) is 5.82 Å². The number of benzene rings is 1. The Morgan fingerprint density at radius 2 is 1.89 bits per heavy atom. The number of fused-ring (bicyclic) bond motifs is 3. The summed E-state index contributed by atoms with van der Waals surface area (Å²) in [5, 5.41) is 5.88. The zero-order valence-corrected chi connectivity index (χ0v) is 17.9. The van der Waals surface area contributed by atoms with Crippen LogP contribution in [0.2, 0.25) is 0 Å². The number of aryl methyl sites for hydroxylation is 2. The summed E-state index contributed by atoms with van der Waals surface area (Å²) in [6, 6.07) is 6.65. The van der Waals surface area contributed by atoms with Gasteiger partial charge in [-0.3, -0.25) is 0 Å². The molecule has 0 saturated heterocycles. The Balaban J connectivity index is 1.67. The van der Waals surface area contributed by atoms with E-state index in [4.69, 9.17) is 10.7 Å². The van der Waals surface area contributed by atoms with Crippen molar-refractivity contribution >= 4 is 38.3 Å². The molecule has 3 N–H and O–H groups in total. The SMILES string of the molecule is CCCc1nc2c(N)nc3cc(CCCCCNC(C)(C)C)ccc3c2s1. The Labute approximate surface area is 166 Å². The van der Waals surface area contributed by atoms with Crippen molar-refractivity contribution in [2.75, 3.05) is 12.3 Å². The third-order valence-corrected chi connectivity index (χ3v) is 5.87. The second-order valence-electron chi connectivity index (χ2n) is 8.37. The molecule has 146 valence electrons. The Bertz CT molecular complexity index is 908. The number of anilines is 1. The van der Waals surface area contributed by atoms with E-state index < -0.39 is 0 Å². The minimum Gasteiger partial charge on any atom is -0.382 e. The van der Waals surface area contributed by atoms with Gasteiger partial charge in [0.05, 0.1) is 15.2 Å². The van der Waals surface area contributed by atoms with Crippen molar-refractivity contribution in [1.82, 2.24) is 15.3 Å². The second kappa shape index (κ2) is 8.53. The maximum absolute atomic E-state index is 6.20. The zero-order chi connectivity index (χ0) is 19.4. The third-order valence-electron chi connectivity index (χ3n) is 4.72. The van der Waals surface area contributed by atoms with Crippen LogP contribution in [-0.4, -0.2) is 22.1 Å². The van der Waals surface area contributed by atoms with Gasteiger partial charge in [0, 0.05) is 10.9 Å². The molecule has 0 atom stereocenters. The molecule has 0 saturated carbocycles. The molecule has 0 amide bonds. The summed E-state index contributed by atoms with van der Waals surface area (Å²) >= 11 is 1.76. The molecule has 2 aromatic heterocycles. The van der Waals surface area contributed by atoms with Gasteiger partial charge in [0.2, 0.25) is 0 Å². The van der Waals surface area contributed by atoms with Crippen LogP contribution in [0, 0.1) is 0 Å². The highest BCUT2D eigenvalue weighted by atomic mass is 32.1. The second-order valence-corrected chi connectivity index (χ2v) is 9.45. The lowest BCUT2D eigenvalue weighted by Gasteiger charge is -2.20. The van der Waals surface area contributed by atoms with Crippen LogP contribution in [0.4, 0.5) is 5.82 Å². The summed E-state index contributed by atoms with van der Waals surface area (Å²) in [4.78, 5) is 9.33. The molecule has 4 nitrogen and oxygen atoms in total. The van der Waals surface area contributed by atoms with Gasteiger partial charge in [0.15, 0.2) is 5.82 Å². The summed E-state index contributed by atoms with van der Waals surface area (Å²) < 4.78 is 1.18. The van der Waals surface area contributed by atoms with E-state index in [0.717, 1.165) is 41.8 Å². The number of unbranched alkanes of at least 4 members (excludes halogenated alkanes) is 2. The lowest BCUT2D eigenvalue weighted by atomic mass is 10.0. The van der Waals surface area contributed by atoms with E-state index in [1.54, 1.807) is 11.3 Å². The normalized spacial score (nSPS) is 12.3. The van der Waals surface area contributed by atoms with Gasteiger partial charge in [0.25, 0.3) is 0 Å². The molecule has 0 aliphatic carbocycles. The van der Waals surface area contributed by atoms with Gasteiger partial charge < -0.3 is 11.1 Å². The maximum atomic E-state index is 6.20. The van der Waals surface area contributed by atoms with E-state index in [2.05, 4.69) is 56.2 Å². The number of nitrogens with one attached hydrogen (secondary N) is 1. The molecule has 27 heavy (non-hydrogen) atoms. The summed E-state index contributed by atoms with van der Waals surface area (Å²) in [6.45, 7) is 9.91. The zero-order valence-electron chi connectivity index (χ0n) is 17.1. The molecular weight excluding hydrogens is 352 g/mol. The predicted octanol–water partition coefficient (Wildman–Crippen LogP) is 5.48. The number of pyridine rings is 1. The van der Waals surface area contributed by atoms with E-state index >= 15 is 0 Å². The molecule has 0 radical (unpaired) electrons. The van der Waals surface area contributed by atoms with Crippen molar-refractivity contribution < 1.29 is 0 Å². The topological polar surface area (TPSA) is 63.8 Å². The molecule has 3 aromatic rings. The molecule has 0 aliphatic rings. The van der Waals surface area contributed by atoms with Gasteiger partial charge in [0.1, 0.15) is 5.52 Å². The van der Waals surface area contributed by atoms with Crippen LogP contribution >= 0.6 is 11.3 Å². The van der Waals surface area contributed by atoms with Crippen molar-refractivity contribution in [1.29, 1.82) is 0 Å². The molecular formula is C22H32N4S. The smallest absolute Gasteiger partial charge is 0.151 e. The number of thiazole rings is 1. The van der Waals surface area contributed by atoms with Crippen LogP contribution in [-0.2, 0) is 12.8 Å². The Hall–Kier alpha value is -1.72. The minimum atomic E-state index is 0.211. The molecule has 1 aromatic carbocycles. The van der Waals surface area contributed by atoms with Crippen molar-refractivity contribution in [3.8, 4) is 0 Å². The van der Waals surface area contributed by atoms with Crippen LogP contribution in [0.15, 0.2) is 18.2 Å². The van der Waals surface area contributed by atoms with Crippen LogP contribution in [0.5, 0.6) is 0 Å². The number of nitrogen functional groups attached to an aromatic ring is 1. The van der Waals surface area contributed by atoms with Crippen molar-refractivity contribution in [3.05, 3.63) is 28.8 Å². The van der Waals surface area contributed by atoms with Crippen LogP contribution in [0.3, 0.4) is 0 Å². The number of hydrogen-bond donors (Lipinski definition) is 2. The molecule has 2 heterocycles. The fourth-order valence-electron chi connectivity index (χ4n) is 3.34. The first-order valence-electron chi connectivity index (χ1n) is 10.1. The molecule has 0 bridgehead atoms. The summed E-state index contributed by atoms with van der Waals surface area (Å²) in [5.41, 5.74) is 9.62. The number of nitrogens with two attached hydrogens (primary N) is 1. The Kier molecular flexibility index (Phi) is 6.33. The first kappa shape index (κ1) is 20.0. The Morgan fingerprint density at radius 3 is 2.63 bits per heavy atom. The monoisotopic (exact) mass is 384 g/mol. The molecule has 0 unspecified atom stereocenters. The first-order valence-corrected chi connectivity index (χ1v) is 10.9. The average molecular weight is 385 g/mol. The third kappa shape index (κ3) is 5.17. The van der Waals surface area contributed by atoms with Crippen molar-refractivity contribution in [2.45, 2.75) is 71.8 Å². The molecule has 0 spiro atoms. The highest BCUT2D eigenvalue weighted by Crippen LogP contribution is 2.33. The van der Waals surface area contributed by atoms with Crippen molar-refractivity contribution in [3.63, 3.8) is 0 Å². The summed E-state index contributed by atoms with van der Waals surface area (Å²) in [7, 11) is 0. The highest BCUT2D eigenvalue weighted by Gasteiger charge is 2.12. The van der Waals surface area contributed by atoms with E-state index in [1.165, 1.54) is 34.9 Å². The molecule has 3 rings (SSSR count). The summed E-state index contributed by atoms with van der Waals surface area (Å²) in [5.74, 6) is 0.557. The quantitative estimate of drug-likeness (QED) is 0.505. The van der Waals surface area contributed by atoms with E-state index in [-0.39, 0.29) is 5.54 Å². The van der Waals surface area contributed by atoms with E-state index in [9.17, 15) is 0 Å². The number of nitrogens with zero attached hydrogens (tertiary/aromatic N) is 2. The lowest BCUT2D eigenvalue weighted by molar-refractivity contribution is 0.417. The highest BCUT2D eigenvalue weighted by molar-refractivity contribution is 7.19. The minimum absolute atomic E-state index is 0.211. The number of aromatic nitrogens is 2. The number of hydrogen-bond acceptors (Lipinski definition) is 5. The average Bonchev–Trinajstić information content (AvgIpc) is 3.02. The van der Waals surface area contributed by atoms with Gasteiger partial charge >= 0.3 is 0 Å². The standard InChI is InChI=1S/C22H32N4S/c1-5-9-18-26-19-20(27-18)16-12-11-15(14-17(16)25-21(19)23)10-7-6-8-13-24-22(2,3)4/h11-12,14,24H,5-10,13H2,1-4H3,(H2,23,25). The number of rotatable bonds is 8.